The van der Waals surface area contributed by atoms with Crippen molar-refractivity contribution >= 4 is 22.4 Å². The summed E-state index contributed by atoms with van der Waals surface area (Å²) in [5.74, 6) is 0. The molecule has 5 heteroatoms. The summed E-state index contributed by atoms with van der Waals surface area (Å²) in [6, 6.07) is 1.90. The van der Waals surface area contributed by atoms with E-state index in [0.29, 0.717) is 13.2 Å². The molecule has 1 N–H and O–H groups in total. The molecule has 0 radical (unpaired) electrons. The first kappa shape index (κ1) is 17.0. The number of nitrogens with one attached hydrogen (secondary N) is 1. The summed E-state index contributed by atoms with van der Waals surface area (Å²) in [6.07, 6.45) is 6.75. The third-order valence-corrected chi connectivity index (χ3v) is 3.82. The van der Waals surface area contributed by atoms with E-state index in [1.165, 1.54) is 37.0 Å². The first-order valence-corrected chi connectivity index (χ1v) is 8.14. The van der Waals surface area contributed by atoms with Gasteiger partial charge in [0.25, 0.3) is 0 Å². The second-order valence-electron chi connectivity index (χ2n) is 4.78. The Morgan fingerprint density at radius 3 is 2.75 bits per heavy atom. The van der Waals surface area contributed by atoms with E-state index in [2.05, 4.69) is 12.2 Å². The average molecular weight is 299 g/mol. The van der Waals surface area contributed by atoms with Crippen LogP contribution in [0.25, 0.3) is 0 Å². The SMILES string of the molecule is CCCCCCCCOC(=O)Nc1cc(COC)cs1. The monoisotopic (exact) mass is 299 g/mol. The molecule has 1 aromatic rings. The molecule has 0 unspecified atom stereocenters. The summed E-state index contributed by atoms with van der Waals surface area (Å²) in [6.45, 7) is 3.26. The molecule has 114 valence electrons. The highest BCUT2D eigenvalue weighted by molar-refractivity contribution is 7.14. The van der Waals surface area contributed by atoms with Gasteiger partial charge in [-0.3, -0.25) is 5.32 Å². The first-order chi connectivity index (χ1) is 9.76. The van der Waals surface area contributed by atoms with Crippen LogP contribution in [0.3, 0.4) is 0 Å². The van der Waals surface area contributed by atoms with Gasteiger partial charge in [-0.15, -0.1) is 11.3 Å². The molecule has 1 heterocycles. The van der Waals surface area contributed by atoms with Crippen LogP contribution in [0, 0.1) is 0 Å². The highest BCUT2D eigenvalue weighted by Crippen LogP contribution is 2.21. The predicted molar refractivity (Wildman–Crippen MR) is 83.4 cm³/mol. The smallest absolute Gasteiger partial charge is 0.412 e. The Labute approximate surface area is 125 Å². The third-order valence-electron chi connectivity index (χ3n) is 2.92. The lowest BCUT2D eigenvalue weighted by Gasteiger charge is -2.05. The highest BCUT2D eigenvalue weighted by atomic mass is 32.1. The van der Waals surface area contributed by atoms with Crippen LogP contribution in [0.5, 0.6) is 0 Å². The van der Waals surface area contributed by atoms with Crippen molar-refractivity contribution in [2.45, 2.75) is 52.1 Å². The molecule has 1 rings (SSSR count). The summed E-state index contributed by atoms with van der Waals surface area (Å²) < 4.78 is 10.2. The Balaban J connectivity index is 2.07. The fourth-order valence-corrected chi connectivity index (χ4v) is 2.64. The Hall–Kier alpha value is -1.07. The number of hydrogen-bond donors (Lipinski definition) is 1. The van der Waals surface area contributed by atoms with E-state index >= 15 is 0 Å². The number of unbranched alkanes of at least 4 members (excludes halogenated alkanes) is 5. The molecule has 1 amide bonds. The summed E-state index contributed by atoms with van der Waals surface area (Å²) in [7, 11) is 1.65. The van der Waals surface area contributed by atoms with Crippen LogP contribution in [0.1, 0.15) is 51.0 Å². The van der Waals surface area contributed by atoms with Crippen molar-refractivity contribution in [1.82, 2.24) is 0 Å². The van der Waals surface area contributed by atoms with Gasteiger partial charge in [-0.2, -0.15) is 0 Å². The summed E-state index contributed by atoms with van der Waals surface area (Å²) in [5.41, 5.74) is 1.06. The largest absolute Gasteiger partial charge is 0.449 e. The molecule has 20 heavy (non-hydrogen) atoms. The topological polar surface area (TPSA) is 47.6 Å². The maximum absolute atomic E-state index is 11.6. The van der Waals surface area contributed by atoms with E-state index in [0.717, 1.165) is 23.4 Å². The fourth-order valence-electron chi connectivity index (χ4n) is 1.87. The molecule has 4 nitrogen and oxygen atoms in total. The van der Waals surface area contributed by atoms with Gasteiger partial charge in [-0.1, -0.05) is 39.0 Å². The van der Waals surface area contributed by atoms with Crippen LogP contribution in [-0.2, 0) is 16.1 Å². The van der Waals surface area contributed by atoms with Gasteiger partial charge in [-0.25, -0.2) is 4.79 Å². The van der Waals surface area contributed by atoms with Crippen molar-refractivity contribution in [3.63, 3.8) is 0 Å². The van der Waals surface area contributed by atoms with Crippen molar-refractivity contribution < 1.29 is 14.3 Å². The first-order valence-electron chi connectivity index (χ1n) is 7.26. The third kappa shape index (κ3) is 7.50. The van der Waals surface area contributed by atoms with E-state index in [9.17, 15) is 4.79 Å². The molecule has 0 spiro atoms. The minimum absolute atomic E-state index is 0.371. The highest BCUT2D eigenvalue weighted by Gasteiger charge is 2.05. The van der Waals surface area contributed by atoms with Crippen LogP contribution in [0.4, 0.5) is 9.80 Å². The zero-order valence-corrected chi connectivity index (χ0v) is 13.3. The fraction of sp³-hybridized carbons (Fsp3) is 0.667. The van der Waals surface area contributed by atoms with Crippen LogP contribution >= 0.6 is 11.3 Å². The number of carbonyl (C=O) groups excluding carboxylic acids is 1. The van der Waals surface area contributed by atoms with Crippen molar-refractivity contribution in [1.29, 1.82) is 0 Å². The minimum atomic E-state index is -0.371. The van der Waals surface area contributed by atoms with Crippen LogP contribution < -0.4 is 5.32 Å². The molecule has 0 saturated carbocycles. The molecule has 0 fully saturated rings. The van der Waals surface area contributed by atoms with Crippen molar-refractivity contribution in [3.8, 4) is 0 Å². The van der Waals surface area contributed by atoms with Crippen LogP contribution in [0.2, 0.25) is 0 Å². The van der Waals surface area contributed by atoms with E-state index in [1.807, 2.05) is 11.4 Å². The number of thiophene rings is 1. The molecule has 0 atom stereocenters. The standard InChI is InChI=1S/C15H25NO3S/c1-3-4-5-6-7-8-9-19-15(17)16-14-10-13(11-18-2)12-20-14/h10,12H,3-9,11H2,1-2H3,(H,16,17). The lowest BCUT2D eigenvalue weighted by Crippen LogP contribution is -2.13. The maximum atomic E-state index is 11.6. The van der Waals surface area contributed by atoms with E-state index in [4.69, 9.17) is 9.47 Å². The Morgan fingerprint density at radius 1 is 1.25 bits per heavy atom. The summed E-state index contributed by atoms with van der Waals surface area (Å²) in [5, 5.41) is 5.50. The predicted octanol–water partition coefficient (Wildman–Crippen LogP) is 4.80. The van der Waals surface area contributed by atoms with Crippen molar-refractivity contribution in [2.24, 2.45) is 0 Å². The second kappa shape index (κ2) is 10.7. The number of anilines is 1. The average Bonchev–Trinajstić information content (AvgIpc) is 2.85. The number of rotatable bonds is 10. The Bertz CT molecular complexity index is 379. The van der Waals surface area contributed by atoms with E-state index in [1.54, 1.807) is 7.11 Å². The van der Waals surface area contributed by atoms with Crippen LogP contribution in [0.15, 0.2) is 11.4 Å². The quantitative estimate of drug-likeness (QED) is 0.631. The molecule has 1 aromatic heterocycles. The number of methoxy groups -OCH3 is 1. The van der Waals surface area contributed by atoms with Gasteiger partial charge >= 0.3 is 6.09 Å². The van der Waals surface area contributed by atoms with Crippen molar-refractivity contribution in [3.05, 3.63) is 17.0 Å². The zero-order chi connectivity index (χ0) is 14.6. The van der Waals surface area contributed by atoms with Gasteiger partial charge in [-0.05, 0) is 23.4 Å². The number of carbonyl (C=O) groups is 1. The van der Waals surface area contributed by atoms with Crippen molar-refractivity contribution in [2.75, 3.05) is 19.0 Å². The maximum Gasteiger partial charge on any atom is 0.412 e. The summed E-state index contributed by atoms with van der Waals surface area (Å²) >= 11 is 1.48. The van der Waals surface area contributed by atoms with Gasteiger partial charge < -0.3 is 9.47 Å². The molecule has 0 aromatic carbocycles. The molecule has 0 aliphatic heterocycles. The molecular weight excluding hydrogens is 274 g/mol. The van der Waals surface area contributed by atoms with Gasteiger partial charge in [0.15, 0.2) is 0 Å². The second-order valence-corrected chi connectivity index (χ2v) is 5.69. The Morgan fingerprint density at radius 2 is 2.00 bits per heavy atom. The molecule has 0 aliphatic rings. The van der Waals surface area contributed by atoms with Crippen LogP contribution in [-0.4, -0.2) is 19.8 Å². The lowest BCUT2D eigenvalue weighted by atomic mass is 10.1. The van der Waals surface area contributed by atoms with Gasteiger partial charge in [0.2, 0.25) is 0 Å². The van der Waals surface area contributed by atoms with Gasteiger partial charge in [0.1, 0.15) is 0 Å². The normalized spacial score (nSPS) is 10.5. The van der Waals surface area contributed by atoms with Gasteiger partial charge in [0.05, 0.1) is 18.2 Å². The minimum Gasteiger partial charge on any atom is -0.449 e. The van der Waals surface area contributed by atoms with E-state index < -0.39 is 0 Å². The molecule has 0 aliphatic carbocycles. The molecule has 0 saturated heterocycles. The number of ether oxygens (including phenoxy) is 2. The van der Waals surface area contributed by atoms with E-state index in [-0.39, 0.29) is 6.09 Å². The molecular formula is C15H25NO3S. The summed E-state index contributed by atoms with van der Waals surface area (Å²) in [4.78, 5) is 11.6. The number of hydrogen-bond acceptors (Lipinski definition) is 4. The molecule has 0 bridgehead atoms. The Kier molecular flexibility index (Phi) is 9.07. The zero-order valence-electron chi connectivity index (χ0n) is 12.4. The number of amides is 1. The van der Waals surface area contributed by atoms with Gasteiger partial charge in [0, 0.05) is 7.11 Å². The lowest BCUT2D eigenvalue weighted by molar-refractivity contribution is 0.159.